The molecule has 0 aliphatic rings. The zero-order valence-electron chi connectivity index (χ0n) is 44.7. The lowest BCUT2D eigenvalue weighted by atomic mass is 9.84. The number of anilines is 6. The van der Waals surface area contributed by atoms with Crippen molar-refractivity contribution in [1.29, 1.82) is 0 Å². The quantitative estimate of drug-likeness (QED) is 0.152. The molecule has 2 aromatic heterocycles. The van der Waals surface area contributed by atoms with E-state index in [1.807, 2.05) is 0 Å². The van der Waals surface area contributed by atoms with Gasteiger partial charge in [-0.2, -0.15) is 0 Å². The summed E-state index contributed by atoms with van der Waals surface area (Å²) in [5.74, 6) is 0.481. The topological polar surface area (TPSA) is 32.8 Å². The molecular formula is C68H68N2O2. The van der Waals surface area contributed by atoms with Crippen LogP contribution in [0.15, 0.2) is 154 Å². The predicted octanol–water partition coefficient (Wildman–Crippen LogP) is 20.8. The number of nitrogens with zero attached hydrogens (tertiary/aromatic N) is 2. The molecule has 362 valence electrons. The summed E-state index contributed by atoms with van der Waals surface area (Å²) in [6.07, 6.45) is 0. The number of fused-ring (bicyclic) bond motifs is 9. The fourth-order valence-electron chi connectivity index (χ4n) is 11.1. The van der Waals surface area contributed by atoms with E-state index in [9.17, 15) is 0 Å². The third-order valence-electron chi connectivity index (χ3n) is 15.4. The van der Waals surface area contributed by atoms with E-state index in [-0.39, 0.29) is 22.7 Å². The highest BCUT2D eigenvalue weighted by molar-refractivity contribution is 6.24. The van der Waals surface area contributed by atoms with Gasteiger partial charge in [-0.15, -0.1) is 0 Å². The van der Waals surface area contributed by atoms with Crippen LogP contribution in [0.4, 0.5) is 34.1 Å². The molecule has 0 amide bonds. The largest absolute Gasteiger partial charge is 0.452 e. The Morgan fingerprint density at radius 1 is 0.361 bits per heavy atom. The summed E-state index contributed by atoms with van der Waals surface area (Å²) < 4.78 is 14.3. The molecule has 0 fully saturated rings. The normalized spacial score (nSPS) is 12.6. The molecule has 0 aliphatic carbocycles. The van der Waals surface area contributed by atoms with Gasteiger partial charge in [0, 0.05) is 55.7 Å². The average molecular weight is 945 g/mol. The van der Waals surface area contributed by atoms with Crippen LogP contribution in [0.5, 0.6) is 0 Å². The van der Waals surface area contributed by atoms with Gasteiger partial charge in [-0.25, -0.2) is 0 Å². The molecule has 0 saturated heterocycles. The second-order valence-electron chi connectivity index (χ2n) is 23.3. The van der Waals surface area contributed by atoms with Gasteiger partial charge in [0.1, 0.15) is 11.2 Å². The van der Waals surface area contributed by atoms with Crippen molar-refractivity contribution in [3.05, 3.63) is 190 Å². The maximum absolute atomic E-state index is 7.16. The zero-order valence-corrected chi connectivity index (χ0v) is 44.7. The lowest BCUT2D eigenvalue weighted by Gasteiger charge is -2.28. The molecule has 4 heteroatoms. The van der Waals surface area contributed by atoms with Crippen LogP contribution in [0.1, 0.15) is 126 Å². The highest BCUT2D eigenvalue weighted by atomic mass is 16.4. The van der Waals surface area contributed by atoms with E-state index in [1.54, 1.807) is 0 Å². The van der Waals surface area contributed by atoms with Crippen molar-refractivity contribution in [2.75, 3.05) is 9.80 Å². The number of furan rings is 2. The Morgan fingerprint density at radius 2 is 0.722 bits per heavy atom. The third-order valence-corrected chi connectivity index (χ3v) is 15.4. The molecule has 4 nitrogen and oxygen atoms in total. The van der Waals surface area contributed by atoms with Gasteiger partial charge >= 0.3 is 0 Å². The Kier molecular flexibility index (Phi) is 11.2. The van der Waals surface area contributed by atoms with Crippen LogP contribution in [0.2, 0.25) is 0 Å². The first kappa shape index (κ1) is 47.0. The van der Waals surface area contributed by atoms with E-state index in [0.29, 0.717) is 0 Å². The van der Waals surface area contributed by atoms with Crippen molar-refractivity contribution in [2.45, 2.75) is 120 Å². The summed E-state index contributed by atoms with van der Waals surface area (Å²) in [5, 5.41) is 9.15. The van der Waals surface area contributed by atoms with Crippen LogP contribution in [0, 0.1) is 27.7 Å². The number of aryl methyl sites for hydroxylation is 4. The van der Waals surface area contributed by atoms with Crippen molar-refractivity contribution in [3.63, 3.8) is 0 Å². The van der Waals surface area contributed by atoms with Gasteiger partial charge < -0.3 is 18.6 Å². The molecule has 11 aromatic rings. The minimum atomic E-state index is 0.0103. The maximum atomic E-state index is 7.16. The molecule has 0 bridgehead atoms. The zero-order chi connectivity index (χ0) is 50.7. The fourth-order valence-corrected chi connectivity index (χ4v) is 11.1. The Balaban J connectivity index is 1.10. The summed E-state index contributed by atoms with van der Waals surface area (Å²) >= 11 is 0. The summed E-state index contributed by atoms with van der Waals surface area (Å²) in [4.78, 5) is 4.79. The smallest absolute Gasteiger partial charge is 0.178 e. The van der Waals surface area contributed by atoms with E-state index in [0.717, 1.165) is 88.8 Å². The Hall–Kier alpha value is -7.30. The minimum Gasteiger partial charge on any atom is -0.452 e. The number of hydrogen-bond donors (Lipinski definition) is 0. The fraction of sp³-hybridized carbons (Fsp3) is 0.265. The molecule has 9 aromatic carbocycles. The van der Waals surface area contributed by atoms with Gasteiger partial charge in [0.05, 0.1) is 0 Å². The molecule has 0 radical (unpaired) electrons. The van der Waals surface area contributed by atoms with Crippen LogP contribution in [-0.4, -0.2) is 0 Å². The Bertz CT molecular complexity index is 3700. The SMILES string of the molecule is Cc1ccc(N(c2cccc(C(C)(C)C)c2)c2ccc3cc4c(cc3c2)oc2c3oc5cc6cc(N(c7cccc(C(C)(C)C)c7)c7ccc(C)c(C)c7)ccc6cc5c3c(C(C)C)c(C(C)C)c42)cc1C. The van der Waals surface area contributed by atoms with Crippen LogP contribution in [-0.2, 0) is 10.8 Å². The molecule has 0 N–H and O–H groups in total. The highest BCUT2D eigenvalue weighted by Gasteiger charge is 2.29. The summed E-state index contributed by atoms with van der Waals surface area (Å²) in [7, 11) is 0. The maximum Gasteiger partial charge on any atom is 0.178 e. The van der Waals surface area contributed by atoms with Gasteiger partial charge in [0.25, 0.3) is 0 Å². The van der Waals surface area contributed by atoms with E-state index in [1.165, 1.54) is 55.3 Å². The van der Waals surface area contributed by atoms with Gasteiger partial charge in [-0.1, -0.05) is 118 Å². The molecule has 0 saturated carbocycles. The van der Waals surface area contributed by atoms with Crippen molar-refractivity contribution in [3.8, 4) is 0 Å². The predicted molar refractivity (Wildman–Crippen MR) is 310 cm³/mol. The summed E-state index contributed by atoms with van der Waals surface area (Å²) in [5.41, 5.74) is 20.5. The highest BCUT2D eigenvalue weighted by Crippen LogP contribution is 2.50. The van der Waals surface area contributed by atoms with Crippen LogP contribution < -0.4 is 9.80 Å². The van der Waals surface area contributed by atoms with Gasteiger partial charge in [-0.3, -0.25) is 0 Å². The monoisotopic (exact) mass is 945 g/mol. The van der Waals surface area contributed by atoms with Crippen LogP contribution in [0.3, 0.4) is 0 Å². The van der Waals surface area contributed by atoms with E-state index >= 15 is 0 Å². The number of benzene rings is 9. The number of rotatable bonds is 8. The van der Waals surface area contributed by atoms with Crippen molar-refractivity contribution in [1.82, 2.24) is 0 Å². The van der Waals surface area contributed by atoms with E-state index in [4.69, 9.17) is 8.83 Å². The van der Waals surface area contributed by atoms with Crippen LogP contribution in [0.25, 0.3) is 65.4 Å². The van der Waals surface area contributed by atoms with Gasteiger partial charge in [0.15, 0.2) is 11.2 Å². The molecule has 72 heavy (non-hydrogen) atoms. The van der Waals surface area contributed by atoms with Gasteiger partial charge in [0.2, 0.25) is 0 Å². The second-order valence-corrected chi connectivity index (χ2v) is 23.3. The minimum absolute atomic E-state index is 0.0103. The third kappa shape index (κ3) is 8.00. The second kappa shape index (κ2) is 17.2. The molecule has 0 atom stereocenters. The van der Waals surface area contributed by atoms with E-state index in [2.05, 4.69) is 252 Å². The molecular weight excluding hydrogens is 877 g/mol. The molecule has 0 unspecified atom stereocenters. The number of hydrogen-bond acceptors (Lipinski definition) is 4. The van der Waals surface area contributed by atoms with Crippen molar-refractivity contribution < 1.29 is 8.83 Å². The van der Waals surface area contributed by atoms with Gasteiger partial charge in [-0.05, 0) is 213 Å². The summed E-state index contributed by atoms with van der Waals surface area (Å²) in [6.45, 7) is 31.7. The Morgan fingerprint density at radius 3 is 1.08 bits per heavy atom. The first-order chi connectivity index (χ1) is 34.2. The summed E-state index contributed by atoms with van der Waals surface area (Å²) in [6, 6.07) is 54.5. The lowest BCUT2D eigenvalue weighted by Crippen LogP contribution is -2.14. The first-order valence-corrected chi connectivity index (χ1v) is 25.9. The van der Waals surface area contributed by atoms with Crippen molar-refractivity contribution in [2.24, 2.45) is 0 Å². The molecule has 0 aliphatic heterocycles. The first-order valence-electron chi connectivity index (χ1n) is 25.9. The van der Waals surface area contributed by atoms with Crippen molar-refractivity contribution >= 4 is 99.5 Å². The van der Waals surface area contributed by atoms with Crippen LogP contribution >= 0.6 is 0 Å². The molecule has 0 spiro atoms. The van der Waals surface area contributed by atoms with E-state index < -0.39 is 0 Å². The molecule has 2 heterocycles. The molecule has 11 rings (SSSR count). The average Bonchev–Trinajstić information content (AvgIpc) is 3.89. The standard InChI is InChI=1S/C68H68N2O2/c1-39(2)61-62(40(3)4)64-58-34-46-24-28-56(70(54-26-22-42(6)44(8)30-54)52-20-16-18-50(38-52)68(12,13)14)32-48(46)36-60(58)72-66(64)65-63(61)57-33-45-23-27-55(31-47(45)35-59(57)71-65)69(53-25-21-41(5)43(7)29-53)51-19-15-17-49(37-51)67(9,10)11/h15-40H,1-14H3. The lowest BCUT2D eigenvalue weighted by molar-refractivity contribution is 0.590. The Labute approximate surface area is 425 Å².